The van der Waals surface area contributed by atoms with Crippen molar-refractivity contribution in [1.82, 2.24) is 14.7 Å². The largest absolute Gasteiger partial charge is 0.489 e. The summed E-state index contributed by atoms with van der Waals surface area (Å²) in [6.45, 7) is 5.82. The third-order valence-electron chi connectivity index (χ3n) is 6.10. The molecule has 0 unspecified atom stereocenters. The van der Waals surface area contributed by atoms with Gasteiger partial charge in [-0.15, -0.1) is 0 Å². The minimum Gasteiger partial charge on any atom is -0.489 e. The van der Waals surface area contributed by atoms with Gasteiger partial charge in [-0.2, -0.15) is 5.10 Å². The van der Waals surface area contributed by atoms with Gasteiger partial charge in [0.2, 0.25) is 0 Å². The Hall–Kier alpha value is -3.03. The molecule has 2 aliphatic rings. The Labute approximate surface area is 197 Å². The molecule has 2 aliphatic heterocycles. The van der Waals surface area contributed by atoms with Gasteiger partial charge in [0.05, 0.1) is 11.4 Å². The molecule has 0 aliphatic carbocycles. The molecule has 7 nitrogen and oxygen atoms in total. The zero-order chi connectivity index (χ0) is 22.9. The van der Waals surface area contributed by atoms with Crippen molar-refractivity contribution in [2.24, 2.45) is 5.92 Å². The van der Waals surface area contributed by atoms with Crippen LogP contribution in [0, 0.1) is 5.92 Å². The van der Waals surface area contributed by atoms with E-state index in [4.69, 9.17) is 26.2 Å². The van der Waals surface area contributed by atoms with Gasteiger partial charge in [-0.25, -0.2) is 0 Å². The zero-order valence-electron chi connectivity index (χ0n) is 18.5. The molecule has 0 bridgehead atoms. The number of aryl methyl sites for hydroxylation is 1. The first-order valence-corrected chi connectivity index (χ1v) is 11.6. The summed E-state index contributed by atoms with van der Waals surface area (Å²) in [6.07, 6.45) is 3.12. The van der Waals surface area contributed by atoms with E-state index in [-0.39, 0.29) is 5.92 Å². The number of fused-ring (bicyclic) bond motifs is 2. The lowest BCUT2D eigenvalue weighted by Gasteiger charge is -2.37. The summed E-state index contributed by atoms with van der Waals surface area (Å²) in [7, 11) is 0. The molecule has 0 amide bonds. The van der Waals surface area contributed by atoms with Crippen molar-refractivity contribution in [3.05, 3.63) is 58.3 Å². The smallest absolute Gasteiger partial charge is 0.309 e. The van der Waals surface area contributed by atoms with E-state index < -0.39 is 5.97 Å². The third-order valence-corrected chi connectivity index (χ3v) is 6.38. The second kappa shape index (κ2) is 9.08. The van der Waals surface area contributed by atoms with Crippen molar-refractivity contribution in [3.63, 3.8) is 0 Å². The Kier molecular flexibility index (Phi) is 6.00. The lowest BCUT2D eigenvalue weighted by atomic mass is 9.98. The van der Waals surface area contributed by atoms with Gasteiger partial charge in [0, 0.05) is 43.2 Å². The number of hydrogen-bond acceptors (Lipinski definition) is 5. The summed E-state index contributed by atoms with van der Waals surface area (Å²) in [5.41, 5.74) is 4.21. The zero-order valence-corrected chi connectivity index (χ0v) is 19.2. The molecule has 2 aromatic carbocycles. The van der Waals surface area contributed by atoms with Gasteiger partial charge in [0.1, 0.15) is 24.7 Å². The van der Waals surface area contributed by atoms with Crippen LogP contribution in [-0.4, -0.2) is 52.0 Å². The highest BCUT2D eigenvalue weighted by atomic mass is 35.5. The molecule has 5 rings (SSSR count). The Bertz CT molecular complexity index is 1230. The van der Waals surface area contributed by atoms with E-state index in [0.717, 1.165) is 58.6 Å². The fraction of sp³-hybridized carbons (Fsp3) is 0.360. The first-order chi connectivity index (χ1) is 16.0. The van der Waals surface area contributed by atoms with Crippen LogP contribution in [0.15, 0.2) is 42.0 Å². The van der Waals surface area contributed by atoms with Gasteiger partial charge in [0.25, 0.3) is 0 Å². The summed E-state index contributed by atoms with van der Waals surface area (Å²) in [4.78, 5) is 13.1. The van der Waals surface area contributed by atoms with Crippen LogP contribution < -0.4 is 9.47 Å². The second-order valence-corrected chi connectivity index (χ2v) is 9.03. The number of nitrogens with zero attached hydrogens (tertiary/aromatic N) is 3. The van der Waals surface area contributed by atoms with Crippen molar-refractivity contribution in [3.8, 4) is 11.5 Å². The number of halogens is 1. The Morgan fingerprint density at radius 3 is 2.91 bits per heavy atom. The van der Waals surface area contributed by atoms with Gasteiger partial charge in [-0.3, -0.25) is 14.4 Å². The highest BCUT2D eigenvalue weighted by Gasteiger charge is 2.32. The predicted octanol–water partition coefficient (Wildman–Crippen LogP) is 4.47. The minimum absolute atomic E-state index is 0.244. The van der Waals surface area contributed by atoms with Crippen LogP contribution in [0.4, 0.5) is 0 Å². The standard InChI is InChI=1S/C25H26ClN3O4/c1-2-7-29-22-6-3-16(9-21(22)24(26)27-29)14-32-20-5-4-18-8-17(15-33-23(18)10-20)11-28-12-19(13-28)25(30)31/h3-6,8-10,19H,2,7,11-15H2,1H3,(H,30,31). The molecule has 0 spiro atoms. The number of rotatable bonds is 8. The lowest BCUT2D eigenvalue weighted by molar-refractivity contribution is -0.147. The predicted molar refractivity (Wildman–Crippen MR) is 127 cm³/mol. The van der Waals surface area contributed by atoms with Crippen LogP contribution in [-0.2, 0) is 17.9 Å². The number of aromatic nitrogens is 2. The quantitative estimate of drug-likeness (QED) is 0.526. The van der Waals surface area contributed by atoms with E-state index in [1.54, 1.807) is 0 Å². The molecule has 1 N–H and O–H groups in total. The lowest BCUT2D eigenvalue weighted by Crippen LogP contribution is -2.51. The van der Waals surface area contributed by atoms with E-state index in [1.807, 2.05) is 41.1 Å². The topological polar surface area (TPSA) is 76.8 Å². The fourth-order valence-corrected chi connectivity index (χ4v) is 4.58. The first-order valence-electron chi connectivity index (χ1n) is 11.2. The number of carboxylic acid groups (broad SMARTS) is 1. The Balaban J connectivity index is 1.22. The van der Waals surface area contributed by atoms with Crippen LogP contribution in [0.3, 0.4) is 0 Å². The highest BCUT2D eigenvalue weighted by molar-refractivity contribution is 6.34. The van der Waals surface area contributed by atoms with Gasteiger partial charge in [-0.1, -0.05) is 24.6 Å². The Morgan fingerprint density at radius 1 is 1.27 bits per heavy atom. The number of ether oxygens (including phenoxy) is 2. The third kappa shape index (κ3) is 4.56. The molecule has 1 saturated heterocycles. The maximum absolute atomic E-state index is 11.0. The molecule has 3 heterocycles. The van der Waals surface area contributed by atoms with E-state index in [2.05, 4.69) is 23.0 Å². The molecule has 33 heavy (non-hydrogen) atoms. The molecule has 3 aromatic rings. The van der Waals surface area contributed by atoms with Gasteiger partial charge < -0.3 is 14.6 Å². The maximum Gasteiger partial charge on any atom is 0.309 e. The number of aliphatic carboxylic acids is 1. The number of likely N-dealkylation sites (tertiary alicyclic amines) is 1. The van der Waals surface area contributed by atoms with E-state index in [1.165, 1.54) is 0 Å². The van der Waals surface area contributed by atoms with E-state index in [0.29, 0.717) is 31.5 Å². The Morgan fingerprint density at radius 2 is 2.12 bits per heavy atom. The van der Waals surface area contributed by atoms with Crippen LogP contribution in [0.5, 0.6) is 11.5 Å². The molecule has 0 atom stereocenters. The van der Waals surface area contributed by atoms with Gasteiger partial charge in [-0.05, 0) is 47.9 Å². The SMILES string of the molecule is CCCn1nc(Cl)c2cc(COc3ccc4c(c3)OCC(CN3CC(C(=O)O)C3)=C4)ccc21. The molecule has 8 heteroatoms. The summed E-state index contributed by atoms with van der Waals surface area (Å²) < 4.78 is 13.9. The number of hydrogen-bond donors (Lipinski definition) is 1. The molecule has 1 fully saturated rings. The van der Waals surface area contributed by atoms with Gasteiger partial charge in [0.15, 0.2) is 5.15 Å². The first kappa shape index (κ1) is 21.8. The summed E-state index contributed by atoms with van der Waals surface area (Å²) in [5, 5.41) is 14.9. The number of benzene rings is 2. The minimum atomic E-state index is -0.715. The fourth-order valence-electron chi connectivity index (χ4n) is 4.34. The second-order valence-electron chi connectivity index (χ2n) is 8.67. The average molecular weight is 468 g/mol. The molecular formula is C25H26ClN3O4. The van der Waals surface area contributed by atoms with Crippen LogP contribution in [0.25, 0.3) is 17.0 Å². The van der Waals surface area contributed by atoms with Crippen molar-refractivity contribution >= 4 is 34.5 Å². The maximum atomic E-state index is 11.0. The summed E-state index contributed by atoms with van der Waals surface area (Å²) in [5.74, 6) is 0.576. The monoisotopic (exact) mass is 467 g/mol. The molecule has 172 valence electrons. The molecule has 0 saturated carbocycles. The van der Waals surface area contributed by atoms with Crippen LogP contribution in [0.1, 0.15) is 24.5 Å². The highest BCUT2D eigenvalue weighted by Crippen LogP contribution is 2.32. The summed E-state index contributed by atoms with van der Waals surface area (Å²) >= 11 is 6.34. The van der Waals surface area contributed by atoms with E-state index in [9.17, 15) is 4.79 Å². The van der Waals surface area contributed by atoms with Crippen molar-refractivity contribution in [2.45, 2.75) is 26.5 Å². The van der Waals surface area contributed by atoms with E-state index >= 15 is 0 Å². The number of carboxylic acids is 1. The summed E-state index contributed by atoms with van der Waals surface area (Å²) in [6, 6.07) is 12.0. The molecule has 1 aromatic heterocycles. The van der Waals surface area contributed by atoms with Crippen molar-refractivity contribution in [2.75, 3.05) is 26.2 Å². The van der Waals surface area contributed by atoms with Gasteiger partial charge >= 0.3 is 5.97 Å². The van der Waals surface area contributed by atoms with Crippen LogP contribution in [0.2, 0.25) is 5.15 Å². The molecule has 0 radical (unpaired) electrons. The van der Waals surface area contributed by atoms with Crippen molar-refractivity contribution < 1.29 is 19.4 Å². The average Bonchev–Trinajstić information content (AvgIpc) is 3.09. The normalized spacial score (nSPS) is 16.1. The van der Waals surface area contributed by atoms with Crippen molar-refractivity contribution in [1.29, 1.82) is 0 Å². The van der Waals surface area contributed by atoms with Crippen LogP contribution >= 0.6 is 11.6 Å². The molecular weight excluding hydrogens is 442 g/mol. The number of carbonyl (C=O) groups is 1.